The average Bonchev–Trinajstić information content (AvgIpc) is 2.42. The molecular formula is C9H16BrFN2OSi. The molecule has 0 radical (unpaired) electrons. The summed E-state index contributed by atoms with van der Waals surface area (Å²) in [5.74, 6) is -0.496. The van der Waals surface area contributed by atoms with Crippen molar-refractivity contribution in [1.29, 1.82) is 0 Å². The number of imidazole rings is 1. The summed E-state index contributed by atoms with van der Waals surface area (Å²) in [6.45, 7) is 7.96. The monoisotopic (exact) mass is 294 g/mol. The normalized spacial score (nSPS) is 12.1. The minimum atomic E-state index is -1.04. The van der Waals surface area contributed by atoms with Gasteiger partial charge in [0, 0.05) is 14.7 Å². The van der Waals surface area contributed by atoms with Crippen LogP contribution >= 0.6 is 15.9 Å². The Kier molecular flexibility index (Phi) is 4.48. The van der Waals surface area contributed by atoms with Crippen LogP contribution in [0.5, 0.6) is 0 Å². The van der Waals surface area contributed by atoms with Crippen LogP contribution in [0, 0.1) is 5.95 Å². The standard InChI is InChI=1S/C9H16BrFN2OSi/c1-15(2,3)5-4-14-7-13-6-12-9(11)8(13)10/h6H,4-5,7H2,1-3H3. The maximum Gasteiger partial charge on any atom is 0.245 e. The molecule has 0 unspecified atom stereocenters. The van der Waals surface area contributed by atoms with E-state index in [-0.39, 0.29) is 0 Å². The van der Waals surface area contributed by atoms with Gasteiger partial charge in [0.05, 0.1) is 0 Å². The van der Waals surface area contributed by atoms with Gasteiger partial charge in [0.2, 0.25) is 5.95 Å². The second-order valence-corrected chi connectivity index (χ2v) is 11.0. The second-order valence-electron chi connectivity index (χ2n) is 4.64. The van der Waals surface area contributed by atoms with Crippen LogP contribution in [0.1, 0.15) is 0 Å². The Balaban J connectivity index is 2.30. The van der Waals surface area contributed by atoms with Crippen molar-refractivity contribution in [2.45, 2.75) is 32.4 Å². The van der Waals surface area contributed by atoms with Crippen molar-refractivity contribution >= 4 is 24.0 Å². The van der Waals surface area contributed by atoms with Gasteiger partial charge >= 0.3 is 0 Å². The molecule has 0 spiro atoms. The molecule has 0 saturated heterocycles. The number of rotatable bonds is 5. The molecule has 0 aromatic carbocycles. The van der Waals surface area contributed by atoms with Crippen molar-refractivity contribution < 1.29 is 9.13 Å². The van der Waals surface area contributed by atoms with E-state index in [2.05, 4.69) is 40.6 Å². The molecule has 86 valence electrons. The lowest BCUT2D eigenvalue weighted by Crippen LogP contribution is -2.22. The van der Waals surface area contributed by atoms with E-state index < -0.39 is 14.0 Å². The van der Waals surface area contributed by atoms with Gasteiger partial charge in [0.1, 0.15) is 17.7 Å². The summed E-state index contributed by atoms with van der Waals surface area (Å²) in [4.78, 5) is 3.52. The quantitative estimate of drug-likeness (QED) is 0.616. The van der Waals surface area contributed by atoms with Crippen molar-refractivity contribution in [3.63, 3.8) is 0 Å². The van der Waals surface area contributed by atoms with E-state index in [9.17, 15) is 4.39 Å². The molecule has 1 aromatic rings. The fourth-order valence-corrected chi connectivity index (χ4v) is 2.03. The Labute approximate surface area is 98.8 Å². The number of hydrogen-bond donors (Lipinski definition) is 0. The zero-order valence-corrected chi connectivity index (χ0v) is 11.8. The summed E-state index contributed by atoms with van der Waals surface area (Å²) in [7, 11) is -1.04. The van der Waals surface area contributed by atoms with Gasteiger partial charge in [-0.2, -0.15) is 4.39 Å². The molecular weight excluding hydrogens is 279 g/mol. The van der Waals surface area contributed by atoms with Crippen LogP contribution in [-0.4, -0.2) is 24.2 Å². The van der Waals surface area contributed by atoms with Crippen molar-refractivity contribution in [2.24, 2.45) is 0 Å². The van der Waals surface area contributed by atoms with E-state index in [0.29, 0.717) is 11.3 Å². The fraction of sp³-hybridized carbons (Fsp3) is 0.667. The highest BCUT2D eigenvalue weighted by molar-refractivity contribution is 9.10. The topological polar surface area (TPSA) is 27.1 Å². The summed E-state index contributed by atoms with van der Waals surface area (Å²) in [5.41, 5.74) is 0. The number of halogens is 2. The predicted molar refractivity (Wildman–Crippen MR) is 64.0 cm³/mol. The van der Waals surface area contributed by atoms with Crippen LogP contribution < -0.4 is 0 Å². The Morgan fingerprint density at radius 2 is 2.20 bits per heavy atom. The highest BCUT2D eigenvalue weighted by Gasteiger charge is 2.12. The molecule has 0 N–H and O–H groups in total. The summed E-state index contributed by atoms with van der Waals surface area (Å²) in [6, 6.07) is 1.11. The van der Waals surface area contributed by atoms with Crippen molar-refractivity contribution in [3.05, 3.63) is 16.9 Å². The van der Waals surface area contributed by atoms with Crippen LogP contribution in [-0.2, 0) is 11.5 Å². The number of ether oxygens (including phenoxy) is 1. The lowest BCUT2D eigenvalue weighted by Gasteiger charge is -2.15. The van der Waals surface area contributed by atoms with Gasteiger partial charge in [-0.15, -0.1) is 0 Å². The number of hydrogen-bond acceptors (Lipinski definition) is 2. The lowest BCUT2D eigenvalue weighted by molar-refractivity contribution is 0.0854. The summed E-state index contributed by atoms with van der Waals surface area (Å²) in [5, 5.41) is 0. The molecule has 0 aliphatic rings. The van der Waals surface area contributed by atoms with E-state index in [1.807, 2.05) is 0 Å². The van der Waals surface area contributed by atoms with Crippen LogP contribution in [0.15, 0.2) is 10.9 Å². The molecule has 0 bridgehead atoms. The number of nitrogens with zero attached hydrogens (tertiary/aromatic N) is 2. The first-order valence-corrected chi connectivity index (χ1v) is 9.34. The third-order valence-corrected chi connectivity index (χ3v) is 4.45. The molecule has 0 amide bonds. The van der Waals surface area contributed by atoms with Crippen LogP contribution in [0.2, 0.25) is 25.7 Å². The third kappa shape index (κ3) is 4.44. The van der Waals surface area contributed by atoms with E-state index in [1.54, 1.807) is 4.57 Å². The predicted octanol–water partition coefficient (Wildman–Crippen LogP) is 3.10. The molecule has 6 heteroatoms. The van der Waals surface area contributed by atoms with Gasteiger partial charge in [-0.3, -0.25) is 4.57 Å². The number of aromatic nitrogens is 2. The Bertz CT molecular complexity index is 324. The molecule has 0 fully saturated rings. The van der Waals surface area contributed by atoms with Crippen molar-refractivity contribution in [2.75, 3.05) is 6.61 Å². The van der Waals surface area contributed by atoms with Crippen LogP contribution in [0.4, 0.5) is 4.39 Å². The molecule has 0 saturated carbocycles. The zero-order chi connectivity index (χ0) is 11.5. The highest BCUT2D eigenvalue weighted by Crippen LogP contribution is 2.14. The van der Waals surface area contributed by atoms with E-state index in [0.717, 1.165) is 12.7 Å². The minimum absolute atomic E-state index is 0.343. The second kappa shape index (κ2) is 5.22. The maximum absolute atomic E-state index is 12.8. The third-order valence-electron chi connectivity index (χ3n) is 1.96. The lowest BCUT2D eigenvalue weighted by atomic mass is 10.8. The molecule has 1 rings (SSSR count). The van der Waals surface area contributed by atoms with Crippen molar-refractivity contribution in [1.82, 2.24) is 9.55 Å². The smallest absolute Gasteiger partial charge is 0.245 e. The highest BCUT2D eigenvalue weighted by atomic mass is 79.9. The molecule has 1 heterocycles. The average molecular weight is 295 g/mol. The first-order chi connectivity index (χ1) is 6.90. The summed E-state index contributed by atoms with van der Waals surface area (Å²) in [6.07, 6.45) is 1.42. The first-order valence-electron chi connectivity index (χ1n) is 4.84. The summed E-state index contributed by atoms with van der Waals surface area (Å²) < 4.78 is 20.2. The van der Waals surface area contributed by atoms with Gasteiger partial charge in [-0.25, -0.2) is 4.98 Å². The first kappa shape index (κ1) is 12.9. The zero-order valence-electron chi connectivity index (χ0n) is 9.26. The molecule has 0 aliphatic heterocycles. The fourth-order valence-electron chi connectivity index (χ4n) is 0.974. The molecule has 0 aliphatic carbocycles. The van der Waals surface area contributed by atoms with E-state index in [1.165, 1.54) is 6.33 Å². The maximum atomic E-state index is 12.8. The van der Waals surface area contributed by atoms with Gasteiger partial charge in [-0.05, 0) is 22.0 Å². The molecule has 15 heavy (non-hydrogen) atoms. The largest absolute Gasteiger partial charge is 0.361 e. The molecule has 0 atom stereocenters. The Hall–Kier alpha value is -0.203. The van der Waals surface area contributed by atoms with Gasteiger partial charge < -0.3 is 4.74 Å². The van der Waals surface area contributed by atoms with Gasteiger partial charge in [0.25, 0.3) is 0 Å². The van der Waals surface area contributed by atoms with E-state index in [4.69, 9.17) is 4.74 Å². The van der Waals surface area contributed by atoms with E-state index >= 15 is 0 Å². The van der Waals surface area contributed by atoms with Crippen LogP contribution in [0.3, 0.4) is 0 Å². The van der Waals surface area contributed by atoms with Gasteiger partial charge in [0.15, 0.2) is 0 Å². The van der Waals surface area contributed by atoms with Gasteiger partial charge in [-0.1, -0.05) is 19.6 Å². The molecule has 3 nitrogen and oxygen atoms in total. The Morgan fingerprint density at radius 3 is 2.67 bits per heavy atom. The SMILES string of the molecule is C[Si](C)(C)CCOCn1cnc(F)c1Br. The summed E-state index contributed by atoms with van der Waals surface area (Å²) >= 11 is 3.10. The van der Waals surface area contributed by atoms with Crippen LogP contribution in [0.25, 0.3) is 0 Å². The minimum Gasteiger partial charge on any atom is -0.361 e. The van der Waals surface area contributed by atoms with Crippen molar-refractivity contribution in [3.8, 4) is 0 Å². The molecule has 1 aromatic heterocycles. The Morgan fingerprint density at radius 1 is 1.53 bits per heavy atom.